The van der Waals surface area contributed by atoms with Crippen LogP contribution in [0.1, 0.15) is 74.6 Å². The average Bonchev–Trinajstić information content (AvgIpc) is 3.21. The number of thiocarbonyl (C=S) groups is 1. The fraction of sp³-hybridized carbons (Fsp3) is 0.484. The lowest BCUT2D eigenvalue weighted by atomic mass is 9.90. The summed E-state index contributed by atoms with van der Waals surface area (Å²) in [6.07, 6.45) is 8.63. The molecule has 0 atom stereocenters. The van der Waals surface area contributed by atoms with Crippen LogP contribution in [-0.4, -0.2) is 39.3 Å². The van der Waals surface area contributed by atoms with Gasteiger partial charge in [0.05, 0.1) is 4.91 Å². The molecule has 1 amide bonds. The molecule has 2 saturated heterocycles. The summed E-state index contributed by atoms with van der Waals surface area (Å²) < 4.78 is 2.36. The molecule has 8 heteroatoms. The summed E-state index contributed by atoms with van der Waals surface area (Å²) in [5.74, 6) is 1.33. The third kappa shape index (κ3) is 6.47. The number of carbonyl (C=O) groups is 1. The number of piperidine rings is 1. The number of nitrogens with zero attached hydrogens (tertiary/aromatic N) is 4. The van der Waals surface area contributed by atoms with E-state index in [4.69, 9.17) is 12.2 Å². The van der Waals surface area contributed by atoms with Gasteiger partial charge >= 0.3 is 0 Å². The van der Waals surface area contributed by atoms with Gasteiger partial charge in [0.15, 0.2) is 0 Å². The van der Waals surface area contributed by atoms with Crippen molar-refractivity contribution in [1.29, 1.82) is 5.26 Å². The predicted molar refractivity (Wildman–Crippen MR) is 165 cm³/mol. The van der Waals surface area contributed by atoms with Gasteiger partial charge in [0.25, 0.3) is 11.5 Å². The second kappa shape index (κ2) is 13.5. The largest absolute Gasteiger partial charge is 0.357 e. The van der Waals surface area contributed by atoms with Crippen LogP contribution in [0.2, 0.25) is 0 Å². The first-order chi connectivity index (χ1) is 18.9. The lowest BCUT2D eigenvalue weighted by Crippen LogP contribution is -2.40. The van der Waals surface area contributed by atoms with Crippen LogP contribution in [0.5, 0.6) is 0 Å². The Morgan fingerprint density at radius 3 is 2.38 bits per heavy atom. The number of amides is 1. The molecule has 39 heavy (non-hydrogen) atoms. The van der Waals surface area contributed by atoms with Crippen LogP contribution in [0, 0.1) is 24.2 Å². The Hall–Kier alpha value is -2.89. The monoisotopic (exact) mass is 562 g/mol. The van der Waals surface area contributed by atoms with Crippen LogP contribution in [0.3, 0.4) is 0 Å². The molecular formula is C31H38N4O2S2. The summed E-state index contributed by atoms with van der Waals surface area (Å²) in [7, 11) is 0. The van der Waals surface area contributed by atoms with Crippen molar-refractivity contribution in [3.8, 4) is 6.07 Å². The van der Waals surface area contributed by atoms with Crippen LogP contribution in [0.15, 0.2) is 40.0 Å². The second-order valence-corrected chi connectivity index (χ2v) is 12.1. The number of anilines is 1. The van der Waals surface area contributed by atoms with Crippen molar-refractivity contribution in [1.82, 2.24) is 9.47 Å². The number of nitriles is 1. The third-order valence-corrected chi connectivity index (χ3v) is 9.13. The lowest BCUT2D eigenvalue weighted by molar-refractivity contribution is -0.122. The number of rotatable bonds is 10. The summed E-state index contributed by atoms with van der Waals surface area (Å²) in [5.41, 5.74) is 2.70. The molecule has 0 N–H and O–H groups in total. The first-order valence-corrected chi connectivity index (χ1v) is 15.3. The summed E-state index contributed by atoms with van der Waals surface area (Å²) in [5, 5.41) is 9.94. The van der Waals surface area contributed by atoms with E-state index in [0.717, 1.165) is 69.4 Å². The van der Waals surface area contributed by atoms with Crippen molar-refractivity contribution in [2.75, 3.05) is 24.5 Å². The molecule has 0 aliphatic carbocycles. The Kier molecular flexibility index (Phi) is 10.0. The molecular weight excluding hydrogens is 525 g/mol. The van der Waals surface area contributed by atoms with Crippen LogP contribution in [0.4, 0.5) is 5.82 Å². The van der Waals surface area contributed by atoms with Crippen LogP contribution < -0.4 is 10.5 Å². The van der Waals surface area contributed by atoms with Gasteiger partial charge in [-0.3, -0.25) is 19.1 Å². The van der Waals surface area contributed by atoms with Crippen molar-refractivity contribution < 1.29 is 4.79 Å². The van der Waals surface area contributed by atoms with Gasteiger partial charge in [-0.15, -0.1) is 0 Å². The van der Waals surface area contributed by atoms with Crippen molar-refractivity contribution >= 4 is 46.1 Å². The van der Waals surface area contributed by atoms with Crippen LogP contribution in [0.25, 0.3) is 6.08 Å². The average molecular weight is 563 g/mol. The van der Waals surface area contributed by atoms with Gasteiger partial charge in [-0.05, 0) is 62.1 Å². The number of unbranched alkanes of at least 4 members (excludes halogenated alkanes) is 2. The van der Waals surface area contributed by atoms with Gasteiger partial charge in [-0.1, -0.05) is 81.0 Å². The van der Waals surface area contributed by atoms with Crippen molar-refractivity contribution in [2.45, 2.75) is 72.3 Å². The molecule has 0 bridgehead atoms. The standard InChI is InChI=1S/C31H38N4O2S2/c1-4-6-15-34-28(33-17-13-24(14-18-33)19-23-11-9-8-10-12-23)25(22(3)26(21-32)29(34)36)20-27-30(37)35(16-7-5-2)31(38)39-27/h8-12,20,24H,4-7,13-19H2,1-3H3. The second-order valence-electron chi connectivity index (χ2n) is 10.5. The quantitative estimate of drug-likeness (QED) is 0.250. The number of aromatic nitrogens is 1. The van der Waals surface area contributed by atoms with E-state index < -0.39 is 0 Å². The molecule has 2 aliphatic rings. The van der Waals surface area contributed by atoms with E-state index in [1.54, 1.807) is 9.47 Å². The first kappa shape index (κ1) is 29.1. The molecule has 2 aliphatic heterocycles. The molecule has 1 aromatic carbocycles. The van der Waals surface area contributed by atoms with Crippen LogP contribution >= 0.6 is 24.0 Å². The molecule has 0 saturated carbocycles. The minimum absolute atomic E-state index is 0.0878. The summed E-state index contributed by atoms with van der Waals surface area (Å²) in [4.78, 5) is 31.4. The minimum atomic E-state index is -0.238. The zero-order valence-corrected chi connectivity index (χ0v) is 24.9. The Morgan fingerprint density at radius 2 is 1.74 bits per heavy atom. The number of thioether (sulfide) groups is 1. The van der Waals surface area contributed by atoms with E-state index in [-0.39, 0.29) is 17.0 Å². The van der Waals surface area contributed by atoms with E-state index in [9.17, 15) is 14.9 Å². The van der Waals surface area contributed by atoms with Gasteiger partial charge < -0.3 is 4.90 Å². The van der Waals surface area contributed by atoms with Gasteiger partial charge in [0.1, 0.15) is 21.8 Å². The Bertz CT molecular complexity index is 1340. The Labute approximate surface area is 241 Å². The Balaban J connectivity index is 1.73. The number of pyridine rings is 1. The van der Waals surface area contributed by atoms with E-state index in [2.05, 4.69) is 49.1 Å². The SMILES string of the molecule is CCCCN1C(=O)C(=Cc2c(C)c(C#N)c(=O)n(CCCC)c2N2CCC(Cc3ccccc3)CC2)SC1=S. The maximum absolute atomic E-state index is 13.6. The van der Waals surface area contributed by atoms with Crippen molar-refractivity contribution in [3.63, 3.8) is 0 Å². The normalized spacial score (nSPS) is 17.3. The van der Waals surface area contributed by atoms with Crippen LogP contribution in [-0.2, 0) is 17.8 Å². The van der Waals surface area contributed by atoms with Crippen molar-refractivity contribution in [2.24, 2.45) is 5.92 Å². The molecule has 6 nitrogen and oxygen atoms in total. The van der Waals surface area contributed by atoms with Gasteiger partial charge in [-0.25, -0.2) is 0 Å². The maximum Gasteiger partial charge on any atom is 0.270 e. The fourth-order valence-corrected chi connectivity index (χ4v) is 6.74. The lowest BCUT2D eigenvalue weighted by Gasteiger charge is -2.36. The van der Waals surface area contributed by atoms with E-state index >= 15 is 0 Å². The highest BCUT2D eigenvalue weighted by Crippen LogP contribution is 2.37. The number of hydrogen-bond donors (Lipinski definition) is 0. The van der Waals surface area contributed by atoms with Crippen molar-refractivity contribution in [3.05, 3.63) is 67.8 Å². The Morgan fingerprint density at radius 1 is 1.08 bits per heavy atom. The van der Waals surface area contributed by atoms with Gasteiger partial charge in [-0.2, -0.15) is 5.26 Å². The molecule has 0 unspecified atom stereocenters. The molecule has 1 aromatic heterocycles. The number of hydrogen-bond acceptors (Lipinski definition) is 6. The van der Waals surface area contributed by atoms with E-state index in [0.29, 0.717) is 33.8 Å². The maximum atomic E-state index is 13.6. The minimum Gasteiger partial charge on any atom is -0.357 e. The highest BCUT2D eigenvalue weighted by Gasteiger charge is 2.33. The van der Waals surface area contributed by atoms with Gasteiger partial charge in [0.2, 0.25) is 0 Å². The predicted octanol–water partition coefficient (Wildman–Crippen LogP) is 6.29. The third-order valence-electron chi connectivity index (χ3n) is 7.75. The highest BCUT2D eigenvalue weighted by atomic mass is 32.2. The number of carbonyl (C=O) groups excluding carboxylic acids is 1. The molecule has 4 rings (SSSR count). The van der Waals surface area contributed by atoms with Gasteiger partial charge in [0, 0.05) is 31.7 Å². The molecule has 2 fully saturated rings. The summed E-state index contributed by atoms with van der Waals surface area (Å²) in [6.45, 7) is 8.83. The molecule has 0 radical (unpaired) electrons. The van der Waals surface area contributed by atoms with E-state index in [1.165, 1.54) is 17.3 Å². The zero-order chi connectivity index (χ0) is 27.9. The molecule has 3 heterocycles. The summed E-state index contributed by atoms with van der Waals surface area (Å²) in [6, 6.07) is 12.8. The number of benzene rings is 1. The molecule has 2 aromatic rings. The smallest absolute Gasteiger partial charge is 0.270 e. The topological polar surface area (TPSA) is 69.3 Å². The van der Waals surface area contributed by atoms with E-state index in [1.807, 2.05) is 19.1 Å². The summed E-state index contributed by atoms with van der Waals surface area (Å²) >= 11 is 6.86. The fourth-order valence-electron chi connectivity index (χ4n) is 5.44. The molecule has 0 spiro atoms. The highest BCUT2D eigenvalue weighted by molar-refractivity contribution is 8.26. The zero-order valence-electron chi connectivity index (χ0n) is 23.2. The first-order valence-electron chi connectivity index (χ1n) is 14.1. The molecule has 206 valence electrons.